The maximum Gasteiger partial charge on any atom is 0.228 e. The first-order valence-electron chi connectivity index (χ1n) is 7.12. The quantitative estimate of drug-likeness (QED) is 0.687. The fourth-order valence-corrected chi connectivity index (χ4v) is 2.17. The van der Waals surface area contributed by atoms with Gasteiger partial charge in [-0.05, 0) is 7.05 Å². The van der Waals surface area contributed by atoms with Gasteiger partial charge in [-0.3, -0.25) is 9.58 Å². The van der Waals surface area contributed by atoms with Crippen LogP contribution in [0, 0.1) is 0 Å². The first-order chi connectivity index (χ1) is 10.7. The summed E-state index contributed by atoms with van der Waals surface area (Å²) < 4.78 is 7.01. The molecular formula is C15H18N6O. The lowest BCUT2D eigenvalue weighted by molar-refractivity contribution is 0.301. The molecule has 7 heteroatoms. The molecule has 0 fully saturated rings. The van der Waals surface area contributed by atoms with Crippen LogP contribution in [0.25, 0.3) is 11.4 Å². The summed E-state index contributed by atoms with van der Waals surface area (Å²) in [4.78, 5) is 6.58. The van der Waals surface area contributed by atoms with Crippen LogP contribution in [0.4, 0.5) is 0 Å². The van der Waals surface area contributed by atoms with Crippen molar-refractivity contribution in [1.82, 2.24) is 30.0 Å². The van der Waals surface area contributed by atoms with Crippen molar-refractivity contribution < 1.29 is 4.52 Å². The molecule has 22 heavy (non-hydrogen) atoms. The van der Waals surface area contributed by atoms with Gasteiger partial charge in [-0.15, -0.1) is 5.10 Å². The van der Waals surface area contributed by atoms with Crippen molar-refractivity contribution in [3.8, 4) is 11.4 Å². The monoisotopic (exact) mass is 298 g/mol. The van der Waals surface area contributed by atoms with Crippen molar-refractivity contribution in [2.24, 2.45) is 7.05 Å². The number of benzene rings is 1. The molecule has 0 saturated carbocycles. The van der Waals surface area contributed by atoms with E-state index in [0.717, 1.165) is 24.3 Å². The zero-order chi connectivity index (χ0) is 15.4. The van der Waals surface area contributed by atoms with Crippen LogP contribution in [0.1, 0.15) is 11.6 Å². The lowest BCUT2D eigenvalue weighted by Gasteiger charge is -2.12. The van der Waals surface area contributed by atoms with E-state index in [0.29, 0.717) is 18.1 Å². The number of likely N-dealkylation sites (N-methyl/N-ethyl adjacent to an activating group) is 1. The van der Waals surface area contributed by atoms with Gasteiger partial charge in [0, 0.05) is 38.3 Å². The zero-order valence-corrected chi connectivity index (χ0v) is 12.7. The fourth-order valence-electron chi connectivity index (χ4n) is 2.17. The molecule has 0 aliphatic rings. The van der Waals surface area contributed by atoms with E-state index in [-0.39, 0.29) is 0 Å². The van der Waals surface area contributed by atoms with Crippen molar-refractivity contribution in [1.29, 1.82) is 0 Å². The molecule has 0 atom stereocenters. The third-order valence-corrected chi connectivity index (χ3v) is 3.29. The lowest BCUT2D eigenvalue weighted by atomic mass is 10.2. The summed E-state index contributed by atoms with van der Waals surface area (Å²) in [5, 5.41) is 12.0. The molecule has 0 bridgehead atoms. The minimum absolute atomic E-state index is 0.632. The Morgan fingerprint density at radius 1 is 1.23 bits per heavy atom. The maximum absolute atomic E-state index is 5.30. The van der Waals surface area contributed by atoms with Gasteiger partial charge in [0.1, 0.15) is 0 Å². The van der Waals surface area contributed by atoms with E-state index in [1.165, 1.54) is 0 Å². The Balaban J connectivity index is 1.54. The highest BCUT2D eigenvalue weighted by Gasteiger charge is 2.10. The number of aryl methyl sites for hydroxylation is 1. The topological polar surface area (TPSA) is 72.9 Å². The largest absolute Gasteiger partial charge is 0.339 e. The molecule has 114 valence electrons. The van der Waals surface area contributed by atoms with Crippen LogP contribution in [0.3, 0.4) is 0 Å². The highest BCUT2D eigenvalue weighted by Crippen LogP contribution is 2.15. The smallest absolute Gasteiger partial charge is 0.228 e. The van der Waals surface area contributed by atoms with Crippen molar-refractivity contribution >= 4 is 0 Å². The second-order valence-electron chi connectivity index (χ2n) is 5.25. The normalized spacial score (nSPS) is 11.2. The third-order valence-electron chi connectivity index (χ3n) is 3.29. The fraction of sp³-hybridized carbons (Fsp3) is 0.333. The van der Waals surface area contributed by atoms with Crippen molar-refractivity contribution in [2.45, 2.75) is 13.0 Å². The van der Waals surface area contributed by atoms with E-state index in [1.54, 1.807) is 4.68 Å². The van der Waals surface area contributed by atoms with Gasteiger partial charge in [0.2, 0.25) is 11.7 Å². The summed E-state index contributed by atoms with van der Waals surface area (Å²) in [6, 6.07) is 9.82. The number of hydrogen-bond acceptors (Lipinski definition) is 6. The molecular weight excluding hydrogens is 280 g/mol. The molecule has 0 amide bonds. The summed E-state index contributed by atoms with van der Waals surface area (Å²) in [7, 11) is 3.89. The second kappa shape index (κ2) is 6.48. The Morgan fingerprint density at radius 2 is 2.05 bits per heavy atom. The van der Waals surface area contributed by atoms with Crippen LogP contribution in [0.2, 0.25) is 0 Å². The standard InChI is InChI=1S/C15H18N6O/c1-20(10-13-11-21(2)19-17-13)9-8-14-16-15(18-22-14)12-6-4-3-5-7-12/h3-7,11H,8-10H2,1-2H3. The first-order valence-corrected chi connectivity index (χ1v) is 7.12. The molecule has 0 spiro atoms. The molecule has 0 saturated heterocycles. The second-order valence-corrected chi connectivity index (χ2v) is 5.25. The number of rotatable bonds is 6. The van der Waals surface area contributed by atoms with E-state index in [4.69, 9.17) is 4.52 Å². The highest BCUT2D eigenvalue weighted by molar-refractivity contribution is 5.53. The molecule has 1 aromatic carbocycles. The Bertz CT molecular complexity index is 720. The average molecular weight is 298 g/mol. The molecule has 7 nitrogen and oxygen atoms in total. The van der Waals surface area contributed by atoms with Gasteiger partial charge in [-0.2, -0.15) is 4.98 Å². The Labute approximate surface area is 128 Å². The van der Waals surface area contributed by atoms with E-state index < -0.39 is 0 Å². The lowest BCUT2D eigenvalue weighted by Crippen LogP contribution is -2.21. The SMILES string of the molecule is CN(CCc1nc(-c2ccccc2)no1)Cc1cn(C)nn1. The number of aromatic nitrogens is 5. The van der Waals surface area contributed by atoms with Gasteiger partial charge in [0.05, 0.1) is 5.69 Å². The Morgan fingerprint density at radius 3 is 2.77 bits per heavy atom. The maximum atomic E-state index is 5.30. The zero-order valence-electron chi connectivity index (χ0n) is 12.7. The minimum atomic E-state index is 0.632. The molecule has 0 radical (unpaired) electrons. The van der Waals surface area contributed by atoms with Gasteiger partial charge in [0.25, 0.3) is 0 Å². The van der Waals surface area contributed by atoms with Crippen LogP contribution in [-0.4, -0.2) is 43.6 Å². The first kappa shape index (κ1) is 14.4. The molecule has 0 unspecified atom stereocenters. The number of hydrogen-bond donors (Lipinski definition) is 0. The van der Waals surface area contributed by atoms with Gasteiger partial charge < -0.3 is 4.52 Å². The number of nitrogens with zero attached hydrogens (tertiary/aromatic N) is 6. The summed E-state index contributed by atoms with van der Waals surface area (Å²) in [5.74, 6) is 1.28. The molecule has 0 aliphatic carbocycles. The minimum Gasteiger partial charge on any atom is -0.339 e. The van der Waals surface area contributed by atoms with Crippen LogP contribution in [0.15, 0.2) is 41.1 Å². The molecule has 0 aliphatic heterocycles. The van der Waals surface area contributed by atoms with E-state index in [9.17, 15) is 0 Å². The van der Waals surface area contributed by atoms with Crippen LogP contribution in [0.5, 0.6) is 0 Å². The van der Waals surface area contributed by atoms with Crippen molar-refractivity contribution in [3.63, 3.8) is 0 Å². The molecule has 2 heterocycles. The van der Waals surface area contributed by atoms with Crippen LogP contribution in [-0.2, 0) is 20.0 Å². The van der Waals surface area contributed by atoms with Crippen molar-refractivity contribution in [3.05, 3.63) is 48.1 Å². The summed E-state index contributed by atoms with van der Waals surface area (Å²) in [5.41, 5.74) is 1.91. The Hall–Kier alpha value is -2.54. The van der Waals surface area contributed by atoms with Gasteiger partial charge in [-0.1, -0.05) is 40.7 Å². The predicted octanol–water partition coefficient (Wildman–Crippen LogP) is 1.54. The van der Waals surface area contributed by atoms with E-state index in [1.807, 2.05) is 50.6 Å². The predicted molar refractivity (Wildman–Crippen MR) is 80.8 cm³/mol. The summed E-state index contributed by atoms with van der Waals surface area (Å²) in [6.45, 7) is 1.56. The molecule has 3 rings (SSSR count). The van der Waals surface area contributed by atoms with Gasteiger partial charge in [0.15, 0.2) is 0 Å². The van der Waals surface area contributed by atoms with Gasteiger partial charge >= 0.3 is 0 Å². The molecule has 0 N–H and O–H groups in total. The van der Waals surface area contributed by atoms with E-state index >= 15 is 0 Å². The Kier molecular flexibility index (Phi) is 4.24. The molecule has 2 aromatic heterocycles. The average Bonchev–Trinajstić information content (AvgIpc) is 3.15. The third kappa shape index (κ3) is 3.56. The summed E-state index contributed by atoms with van der Waals surface area (Å²) >= 11 is 0. The van der Waals surface area contributed by atoms with Crippen molar-refractivity contribution in [2.75, 3.05) is 13.6 Å². The van der Waals surface area contributed by atoms with Crippen LogP contribution >= 0.6 is 0 Å². The summed E-state index contributed by atoms with van der Waals surface area (Å²) in [6.07, 6.45) is 2.62. The van der Waals surface area contributed by atoms with E-state index in [2.05, 4.69) is 25.4 Å². The van der Waals surface area contributed by atoms with Crippen LogP contribution < -0.4 is 0 Å². The van der Waals surface area contributed by atoms with Gasteiger partial charge in [-0.25, -0.2) is 0 Å². The molecule has 3 aromatic rings. The highest BCUT2D eigenvalue weighted by atomic mass is 16.5.